The van der Waals surface area contributed by atoms with Gasteiger partial charge in [0, 0.05) is 5.56 Å². The second-order valence-electron chi connectivity index (χ2n) is 3.66. The van der Waals surface area contributed by atoms with Crippen molar-refractivity contribution in [2.75, 3.05) is 13.2 Å². The minimum atomic E-state index is -3.04. The zero-order valence-electron chi connectivity index (χ0n) is 11.3. The lowest BCUT2D eigenvalue weighted by molar-refractivity contribution is -0.0515. The summed E-state index contributed by atoms with van der Waals surface area (Å²) in [6, 6.07) is 10.1. The third-order valence-electron chi connectivity index (χ3n) is 2.23. The number of rotatable bonds is 8. The normalized spacial score (nSPS) is 14.5. The average molecular weight is 316 g/mol. The molecular formula is C12H17N2O4PS. The molecule has 1 aromatic carbocycles. The molecule has 2 N–H and O–H groups in total. The predicted molar refractivity (Wildman–Crippen MR) is 77.7 cm³/mol. The summed E-state index contributed by atoms with van der Waals surface area (Å²) >= 11 is 5.13. The highest BCUT2D eigenvalue weighted by Crippen LogP contribution is 2.49. The van der Waals surface area contributed by atoms with Gasteiger partial charge in [-0.15, -0.1) is 5.48 Å². The molecular weight excluding hydrogens is 299 g/mol. The first-order valence-corrected chi connectivity index (χ1v) is 8.59. The summed E-state index contributed by atoms with van der Waals surface area (Å²) in [4.78, 5) is 0. The number of hydrogen-bond acceptors (Lipinski definition) is 7. The van der Waals surface area contributed by atoms with Crippen LogP contribution in [0, 0.1) is 11.3 Å². The van der Waals surface area contributed by atoms with E-state index in [4.69, 9.17) is 30.7 Å². The van der Waals surface area contributed by atoms with Gasteiger partial charge in [-0.05, 0) is 25.7 Å². The summed E-state index contributed by atoms with van der Waals surface area (Å²) in [5.74, 6) is 0. The first kappa shape index (κ1) is 17.2. The molecule has 0 aliphatic carbocycles. The highest BCUT2D eigenvalue weighted by Gasteiger charge is 2.33. The van der Waals surface area contributed by atoms with Crippen molar-refractivity contribution in [3.63, 3.8) is 0 Å². The number of nitrogens with zero attached hydrogens (tertiary/aromatic N) is 1. The van der Waals surface area contributed by atoms with E-state index in [1.807, 2.05) is 0 Å². The van der Waals surface area contributed by atoms with E-state index >= 15 is 0 Å². The highest BCUT2D eigenvalue weighted by atomic mass is 32.5. The Kier molecular flexibility index (Phi) is 6.72. The van der Waals surface area contributed by atoms with Crippen LogP contribution >= 0.6 is 6.72 Å². The molecule has 0 aliphatic rings. The molecule has 6 nitrogen and oxygen atoms in total. The number of nitrogens with one attached hydrogen (secondary N) is 1. The van der Waals surface area contributed by atoms with Crippen molar-refractivity contribution in [2.24, 2.45) is 0 Å². The fraction of sp³-hybridized carbons (Fsp3) is 0.417. The topological polar surface area (TPSA) is 83.7 Å². The molecule has 1 aromatic rings. The Morgan fingerprint density at radius 2 is 1.85 bits per heavy atom. The van der Waals surface area contributed by atoms with Crippen molar-refractivity contribution >= 4 is 18.5 Å². The molecule has 0 spiro atoms. The monoisotopic (exact) mass is 316 g/mol. The minimum absolute atomic E-state index is 0.301. The largest absolute Gasteiger partial charge is 0.358 e. The summed E-state index contributed by atoms with van der Waals surface area (Å²) in [6.45, 7) is 1.06. The fourth-order valence-corrected chi connectivity index (χ4v) is 3.15. The number of benzene rings is 1. The molecule has 0 saturated carbocycles. The van der Waals surface area contributed by atoms with Crippen LogP contribution in [0.1, 0.15) is 19.4 Å². The number of aliphatic hydroxyl groups is 1. The van der Waals surface area contributed by atoms with Crippen LogP contribution in [0.25, 0.3) is 0 Å². The Labute approximate surface area is 123 Å². The molecule has 1 atom stereocenters. The van der Waals surface area contributed by atoms with Gasteiger partial charge in [-0.3, -0.25) is 0 Å². The van der Waals surface area contributed by atoms with E-state index < -0.39 is 12.4 Å². The molecule has 110 valence electrons. The lowest BCUT2D eigenvalue weighted by Gasteiger charge is -2.26. The van der Waals surface area contributed by atoms with Gasteiger partial charge < -0.3 is 14.2 Å². The number of nitriles is 1. The van der Waals surface area contributed by atoms with E-state index in [-0.39, 0.29) is 0 Å². The van der Waals surface area contributed by atoms with Gasteiger partial charge >= 0.3 is 6.72 Å². The van der Waals surface area contributed by atoms with E-state index in [9.17, 15) is 5.11 Å². The third-order valence-corrected chi connectivity index (χ3v) is 4.55. The van der Waals surface area contributed by atoms with Gasteiger partial charge in [-0.1, -0.05) is 30.3 Å². The first-order valence-electron chi connectivity index (χ1n) is 6.03. The van der Waals surface area contributed by atoms with Crippen molar-refractivity contribution in [1.29, 1.82) is 5.26 Å². The van der Waals surface area contributed by atoms with Crippen LogP contribution in [-0.2, 0) is 31.2 Å². The van der Waals surface area contributed by atoms with E-state index in [1.165, 1.54) is 0 Å². The van der Waals surface area contributed by atoms with Gasteiger partial charge in [-0.25, -0.2) is 4.62 Å². The molecule has 1 unspecified atom stereocenters. The molecule has 0 aromatic heterocycles. The van der Waals surface area contributed by atoms with Crippen LogP contribution < -0.4 is 5.48 Å². The van der Waals surface area contributed by atoms with E-state index in [2.05, 4.69) is 5.48 Å². The van der Waals surface area contributed by atoms with E-state index in [1.54, 1.807) is 50.2 Å². The molecule has 8 heteroatoms. The standard InChI is InChI=1S/C12H17N2O4PS/c1-3-16-19(20,17-4-2)18-14-12(15,10-13)11-8-6-5-7-9-11/h5-9,14-15H,3-4H2,1-2H3. The van der Waals surface area contributed by atoms with Crippen molar-refractivity contribution < 1.29 is 18.8 Å². The average Bonchev–Trinajstić information content (AvgIpc) is 2.46. The summed E-state index contributed by atoms with van der Waals surface area (Å²) in [7, 11) is 0. The smallest absolute Gasteiger partial charge is 0.344 e. The summed E-state index contributed by atoms with van der Waals surface area (Å²) in [6.07, 6.45) is 0. The third kappa shape index (κ3) is 4.62. The Morgan fingerprint density at radius 3 is 2.30 bits per heavy atom. The summed E-state index contributed by atoms with van der Waals surface area (Å²) in [5, 5.41) is 19.4. The number of hydrogen-bond donors (Lipinski definition) is 2. The van der Waals surface area contributed by atoms with Gasteiger partial charge in [0.25, 0.3) is 5.72 Å². The lowest BCUT2D eigenvalue weighted by atomic mass is 10.1. The van der Waals surface area contributed by atoms with Crippen LogP contribution in [0.5, 0.6) is 0 Å². The maximum absolute atomic E-state index is 10.3. The van der Waals surface area contributed by atoms with Crippen molar-refractivity contribution in [3.05, 3.63) is 35.9 Å². The fourth-order valence-electron chi connectivity index (χ4n) is 1.35. The molecule has 0 bridgehead atoms. The second-order valence-corrected chi connectivity index (χ2v) is 6.60. The molecule has 1 rings (SSSR count). The maximum atomic E-state index is 10.3. The molecule has 0 aliphatic heterocycles. The van der Waals surface area contributed by atoms with Crippen molar-refractivity contribution in [1.82, 2.24) is 5.48 Å². The van der Waals surface area contributed by atoms with Gasteiger partial charge in [0.15, 0.2) is 0 Å². The van der Waals surface area contributed by atoms with Crippen molar-refractivity contribution in [2.45, 2.75) is 19.6 Å². The molecule has 0 saturated heterocycles. The van der Waals surface area contributed by atoms with Crippen LogP contribution in [0.2, 0.25) is 0 Å². The summed E-state index contributed by atoms with van der Waals surface area (Å²) < 4.78 is 15.7. The van der Waals surface area contributed by atoms with E-state index in [0.717, 1.165) is 0 Å². The van der Waals surface area contributed by atoms with Gasteiger partial charge in [0.2, 0.25) is 0 Å². The van der Waals surface area contributed by atoms with Crippen molar-refractivity contribution in [3.8, 4) is 6.07 Å². The van der Waals surface area contributed by atoms with Gasteiger partial charge in [-0.2, -0.15) is 5.26 Å². The van der Waals surface area contributed by atoms with E-state index in [0.29, 0.717) is 18.8 Å². The van der Waals surface area contributed by atoms with Crippen LogP contribution in [0.3, 0.4) is 0 Å². The molecule has 0 fully saturated rings. The van der Waals surface area contributed by atoms with Crippen LogP contribution in [-0.4, -0.2) is 18.3 Å². The highest BCUT2D eigenvalue weighted by molar-refractivity contribution is 8.07. The van der Waals surface area contributed by atoms with Crippen LogP contribution in [0.4, 0.5) is 0 Å². The lowest BCUT2D eigenvalue weighted by Crippen LogP contribution is -2.40. The maximum Gasteiger partial charge on any atom is 0.344 e. The first-order chi connectivity index (χ1) is 9.49. The quantitative estimate of drug-likeness (QED) is 0.329. The number of hydroxylamine groups is 1. The van der Waals surface area contributed by atoms with Crippen LogP contribution in [0.15, 0.2) is 30.3 Å². The second kappa shape index (κ2) is 7.81. The zero-order chi connectivity index (χ0) is 15.1. The zero-order valence-corrected chi connectivity index (χ0v) is 13.0. The van der Waals surface area contributed by atoms with Gasteiger partial charge in [0.05, 0.1) is 13.2 Å². The molecule has 0 radical (unpaired) electrons. The Morgan fingerprint density at radius 1 is 1.30 bits per heavy atom. The SMILES string of the molecule is CCOP(=S)(OCC)ONC(O)(C#N)c1ccccc1. The van der Waals surface area contributed by atoms with Gasteiger partial charge in [0.1, 0.15) is 6.07 Å². The predicted octanol–water partition coefficient (Wildman–Crippen LogP) is 2.17. The molecule has 0 amide bonds. The Bertz CT molecular complexity index is 498. The summed E-state index contributed by atoms with van der Waals surface area (Å²) in [5.41, 5.74) is 0.564. The Hall–Kier alpha value is -0.840. The minimum Gasteiger partial charge on any atom is -0.358 e. The molecule has 0 heterocycles. The molecule has 20 heavy (non-hydrogen) atoms. The Balaban J connectivity index is 2.84.